The van der Waals surface area contributed by atoms with Gasteiger partial charge in [0, 0.05) is 19.5 Å². The Morgan fingerprint density at radius 2 is 2.25 bits per heavy atom. The summed E-state index contributed by atoms with van der Waals surface area (Å²) >= 11 is 0. The minimum absolute atomic E-state index is 0.00201. The molecule has 0 N–H and O–H groups in total. The zero-order chi connectivity index (χ0) is 14.8. The fraction of sp³-hybridized carbons (Fsp3) is 0.538. The molecule has 5 nitrogen and oxygen atoms in total. The highest BCUT2D eigenvalue weighted by molar-refractivity contribution is 7.88. The lowest BCUT2D eigenvalue weighted by atomic mass is 9.93. The average Bonchev–Trinajstić information content (AvgIpc) is 2.38. The lowest BCUT2D eigenvalue weighted by molar-refractivity contribution is 0.0937. The molecule has 0 aliphatic carbocycles. The summed E-state index contributed by atoms with van der Waals surface area (Å²) in [5, 5.41) is 0. The first-order valence-corrected chi connectivity index (χ1v) is 8.31. The standard InChI is InChI=1S/C13H17FN2O3S/c1-20(18,19)16-6-2-3-10(9-16)7-13(17)12-5-4-11(14)8-15-12/h4-5,8,10H,2-3,6-7,9H2,1H3. The van der Waals surface area contributed by atoms with E-state index in [-0.39, 0.29) is 23.8 Å². The van der Waals surface area contributed by atoms with Crippen LogP contribution in [0.2, 0.25) is 0 Å². The summed E-state index contributed by atoms with van der Waals surface area (Å²) < 4.78 is 37.2. The molecule has 1 unspecified atom stereocenters. The first kappa shape index (κ1) is 15.1. The molecule has 110 valence electrons. The van der Waals surface area contributed by atoms with Crippen molar-refractivity contribution in [2.24, 2.45) is 5.92 Å². The summed E-state index contributed by atoms with van der Waals surface area (Å²) in [6, 6.07) is 2.55. The molecule has 0 spiro atoms. The van der Waals surface area contributed by atoms with Gasteiger partial charge in [0.1, 0.15) is 11.5 Å². The number of carbonyl (C=O) groups excluding carboxylic acids is 1. The SMILES string of the molecule is CS(=O)(=O)N1CCCC(CC(=O)c2ccc(F)cn2)C1. The summed E-state index contributed by atoms with van der Waals surface area (Å²) in [6.45, 7) is 0.879. The molecule has 0 bridgehead atoms. The number of hydrogen-bond donors (Lipinski definition) is 0. The Balaban J connectivity index is 1.99. The number of piperidine rings is 1. The number of Topliss-reactive ketones (excluding diaryl/α,β-unsaturated/α-hetero) is 1. The molecule has 20 heavy (non-hydrogen) atoms. The van der Waals surface area contributed by atoms with Crippen LogP contribution in [0, 0.1) is 11.7 Å². The van der Waals surface area contributed by atoms with Crippen LogP contribution >= 0.6 is 0 Å². The molecule has 2 heterocycles. The van der Waals surface area contributed by atoms with E-state index in [9.17, 15) is 17.6 Å². The van der Waals surface area contributed by atoms with E-state index in [4.69, 9.17) is 0 Å². The number of sulfonamides is 1. The Kier molecular flexibility index (Phi) is 4.49. The molecule has 1 aromatic rings. The summed E-state index contributed by atoms with van der Waals surface area (Å²) in [4.78, 5) is 15.8. The molecule has 1 aromatic heterocycles. The van der Waals surface area contributed by atoms with Gasteiger partial charge < -0.3 is 0 Å². The minimum Gasteiger partial charge on any atom is -0.292 e. The summed E-state index contributed by atoms with van der Waals surface area (Å²) in [5.41, 5.74) is 0.225. The van der Waals surface area contributed by atoms with Crippen molar-refractivity contribution in [3.8, 4) is 0 Å². The maximum absolute atomic E-state index is 12.7. The molecule has 0 saturated carbocycles. The van der Waals surface area contributed by atoms with Crippen molar-refractivity contribution in [1.82, 2.24) is 9.29 Å². The van der Waals surface area contributed by atoms with Gasteiger partial charge in [-0.2, -0.15) is 0 Å². The fourth-order valence-corrected chi connectivity index (χ4v) is 3.34. The van der Waals surface area contributed by atoms with Crippen molar-refractivity contribution in [2.45, 2.75) is 19.3 Å². The van der Waals surface area contributed by atoms with Crippen LogP contribution in [-0.2, 0) is 10.0 Å². The Morgan fingerprint density at radius 3 is 2.85 bits per heavy atom. The van der Waals surface area contributed by atoms with Gasteiger partial charge in [-0.1, -0.05) is 0 Å². The van der Waals surface area contributed by atoms with E-state index in [0.29, 0.717) is 13.1 Å². The Bertz CT molecular complexity index is 586. The van der Waals surface area contributed by atoms with E-state index in [1.807, 2.05) is 0 Å². The number of ketones is 1. The van der Waals surface area contributed by atoms with Gasteiger partial charge in [-0.3, -0.25) is 9.78 Å². The third-order valence-corrected chi connectivity index (χ3v) is 4.71. The van der Waals surface area contributed by atoms with E-state index in [2.05, 4.69) is 4.98 Å². The van der Waals surface area contributed by atoms with Gasteiger partial charge in [-0.25, -0.2) is 17.1 Å². The van der Waals surface area contributed by atoms with Crippen molar-refractivity contribution >= 4 is 15.8 Å². The molecular weight excluding hydrogens is 283 g/mol. The number of nitrogens with zero attached hydrogens (tertiary/aromatic N) is 2. The van der Waals surface area contributed by atoms with Gasteiger partial charge in [-0.15, -0.1) is 0 Å². The average molecular weight is 300 g/mol. The van der Waals surface area contributed by atoms with Crippen LogP contribution in [-0.4, -0.2) is 42.8 Å². The minimum atomic E-state index is -3.21. The Labute approximate surface area is 117 Å². The zero-order valence-electron chi connectivity index (χ0n) is 11.3. The monoisotopic (exact) mass is 300 g/mol. The summed E-state index contributed by atoms with van der Waals surface area (Å²) in [7, 11) is -3.21. The number of pyridine rings is 1. The van der Waals surface area contributed by atoms with Gasteiger partial charge in [0.2, 0.25) is 10.0 Å². The van der Waals surface area contributed by atoms with Crippen LogP contribution in [0.25, 0.3) is 0 Å². The van der Waals surface area contributed by atoms with Crippen molar-refractivity contribution in [3.05, 3.63) is 29.8 Å². The highest BCUT2D eigenvalue weighted by Crippen LogP contribution is 2.22. The summed E-state index contributed by atoms with van der Waals surface area (Å²) in [6.07, 6.45) is 4.00. The van der Waals surface area contributed by atoms with E-state index in [1.54, 1.807) is 0 Å². The van der Waals surface area contributed by atoms with E-state index in [0.717, 1.165) is 19.0 Å². The molecule has 1 aliphatic rings. The zero-order valence-corrected chi connectivity index (χ0v) is 12.1. The smallest absolute Gasteiger partial charge is 0.211 e. The van der Waals surface area contributed by atoms with E-state index >= 15 is 0 Å². The van der Waals surface area contributed by atoms with Crippen molar-refractivity contribution < 1.29 is 17.6 Å². The van der Waals surface area contributed by atoms with Crippen molar-refractivity contribution in [2.75, 3.05) is 19.3 Å². The predicted octanol–water partition coefficient (Wildman–Crippen LogP) is 1.47. The molecule has 0 amide bonds. The highest BCUT2D eigenvalue weighted by atomic mass is 32.2. The predicted molar refractivity (Wildman–Crippen MR) is 72.3 cm³/mol. The second kappa shape index (κ2) is 5.97. The fourth-order valence-electron chi connectivity index (χ4n) is 2.40. The first-order chi connectivity index (χ1) is 9.36. The van der Waals surface area contributed by atoms with Crippen molar-refractivity contribution in [3.63, 3.8) is 0 Å². The Hall–Kier alpha value is -1.34. The van der Waals surface area contributed by atoms with Crippen LogP contribution in [0.1, 0.15) is 29.8 Å². The number of halogens is 1. The molecule has 1 atom stereocenters. The van der Waals surface area contributed by atoms with Crippen molar-refractivity contribution in [1.29, 1.82) is 0 Å². The Morgan fingerprint density at radius 1 is 1.50 bits per heavy atom. The number of aromatic nitrogens is 1. The van der Waals surface area contributed by atoms with Gasteiger partial charge in [-0.05, 0) is 30.9 Å². The molecular formula is C13H17FN2O3S. The quantitative estimate of drug-likeness (QED) is 0.790. The van der Waals surface area contributed by atoms with Gasteiger partial charge in [0.15, 0.2) is 5.78 Å². The second-order valence-electron chi connectivity index (χ2n) is 5.12. The highest BCUT2D eigenvalue weighted by Gasteiger charge is 2.27. The largest absolute Gasteiger partial charge is 0.292 e. The molecule has 0 radical (unpaired) electrons. The lowest BCUT2D eigenvalue weighted by Gasteiger charge is -2.30. The van der Waals surface area contributed by atoms with E-state index in [1.165, 1.54) is 22.7 Å². The van der Waals surface area contributed by atoms with Gasteiger partial charge in [0.25, 0.3) is 0 Å². The van der Waals surface area contributed by atoms with Gasteiger partial charge in [0.05, 0.1) is 12.5 Å². The maximum atomic E-state index is 12.7. The third kappa shape index (κ3) is 3.83. The molecule has 7 heteroatoms. The molecule has 0 aromatic carbocycles. The molecule has 1 aliphatic heterocycles. The molecule has 1 fully saturated rings. The van der Waals surface area contributed by atoms with Crippen LogP contribution in [0.3, 0.4) is 0 Å². The van der Waals surface area contributed by atoms with Crippen LogP contribution < -0.4 is 0 Å². The van der Waals surface area contributed by atoms with Gasteiger partial charge >= 0.3 is 0 Å². The normalized spacial score (nSPS) is 20.8. The molecule has 2 rings (SSSR count). The second-order valence-corrected chi connectivity index (χ2v) is 7.10. The third-order valence-electron chi connectivity index (χ3n) is 3.44. The number of rotatable bonds is 4. The number of hydrogen-bond acceptors (Lipinski definition) is 4. The summed E-state index contributed by atoms with van der Waals surface area (Å²) in [5.74, 6) is -0.661. The number of carbonyl (C=O) groups is 1. The van der Waals surface area contributed by atoms with Crippen LogP contribution in [0.15, 0.2) is 18.3 Å². The topological polar surface area (TPSA) is 67.3 Å². The van der Waals surface area contributed by atoms with E-state index < -0.39 is 15.8 Å². The maximum Gasteiger partial charge on any atom is 0.211 e. The molecule has 1 saturated heterocycles. The van der Waals surface area contributed by atoms with Crippen LogP contribution in [0.4, 0.5) is 4.39 Å². The van der Waals surface area contributed by atoms with Crippen LogP contribution in [0.5, 0.6) is 0 Å². The first-order valence-electron chi connectivity index (χ1n) is 6.46. The lowest BCUT2D eigenvalue weighted by Crippen LogP contribution is -2.39.